The van der Waals surface area contributed by atoms with Gasteiger partial charge in [0.05, 0.1) is 18.9 Å². The van der Waals surface area contributed by atoms with Gasteiger partial charge in [-0.25, -0.2) is 4.98 Å². The van der Waals surface area contributed by atoms with E-state index in [1.165, 1.54) is 0 Å². The van der Waals surface area contributed by atoms with Crippen molar-refractivity contribution in [2.75, 3.05) is 6.61 Å². The second-order valence-corrected chi connectivity index (χ2v) is 8.87. The first kappa shape index (κ1) is 22.2. The molecule has 0 saturated heterocycles. The summed E-state index contributed by atoms with van der Waals surface area (Å²) in [6.45, 7) is 5.55. The van der Waals surface area contributed by atoms with E-state index in [1.54, 1.807) is 17.8 Å². The quantitative estimate of drug-likeness (QED) is 0.423. The van der Waals surface area contributed by atoms with Gasteiger partial charge >= 0.3 is 0 Å². The van der Waals surface area contributed by atoms with Gasteiger partial charge in [-0.1, -0.05) is 79.1 Å². The topological polar surface area (TPSA) is 47.3 Å². The van der Waals surface area contributed by atoms with Crippen LogP contribution in [0.15, 0.2) is 58.5 Å². The van der Waals surface area contributed by atoms with E-state index in [-0.39, 0.29) is 12.5 Å². The Bertz CT molecular complexity index is 925. The van der Waals surface area contributed by atoms with Crippen molar-refractivity contribution < 1.29 is 9.84 Å². The molecular formula is C22H24Cl2N2O2S. The fraction of sp³-hybridized carbons (Fsp3) is 0.318. The second-order valence-electron chi connectivity index (χ2n) is 6.93. The van der Waals surface area contributed by atoms with E-state index >= 15 is 0 Å². The lowest BCUT2D eigenvalue weighted by Crippen LogP contribution is -2.09. The zero-order valence-corrected chi connectivity index (χ0v) is 18.8. The van der Waals surface area contributed by atoms with E-state index in [0.29, 0.717) is 29.8 Å². The molecule has 154 valence electrons. The van der Waals surface area contributed by atoms with Crippen LogP contribution in [0.3, 0.4) is 0 Å². The van der Waals surface area contributed by atoms with Gasteiger partial charge in [0.15, 0.2) is 0 Å². The molecule has 0 amide bonds. The molecule has 0 spiro atoms. The van der Waals surface area contributed by atoms with Crippen LogP contribution in [0.2, 0.25) is 10.0 Å². The number of ether oxygens (including phenoxy) is 1. The van der Waals surface area contributed by atoms with Gasteiger partial charge in [-0.05, 0) is 29.7 Å². The zero-order valence-electron chi connectivity index (χ0n) is 16.4. The minimum atomic E-state index is 0.0173. The molecule has 1 aromatic heterocycles. The Morgan fingerprint density at radius 3 is 2.38 bits per heavy atom. The third kappa shape index (κ3) is 6.00. The summed E-state index contributed by atoms with van der Waals surface area (Å²) in [6.07, 6.45) is 0. The summed E-state index contributed by atoms with van der Waals surface area (Å²) in [5.74, 6) is 1.02. The summed E-state index contributed by atoms with van der Waals surface area (Å²) in [5, 5.41) is 11.8. The van der Waals surface area contributed by atoms with Crippen LogP contribution in [0.5, 0.6) is 0 Å². The molecule has 0 aliphatic heterocycles. The highest BCUT2D eigenvalue weighted by atomic mass is 35.5. The minimum absolute atomic E-state index is 0.0173. The van der Waals surface area contributed by atoms with E-state index in [2.05, 4.69) is 13.8 Å². The molecule has 0 radical (unpaired) electrons. The second kappa shape index (κ2) is 10.5. The van der Waals surface area contributed by atoms with Crippen LogP contribution in [0.1, 0.15) is 36.8 Å². The van der Waals surface area contributed by atoms with Gasteiger partial charge in [0.25, 0.3) is 0 Å². The van der Waals surface area contributed by atoms with Gasteiger partial charge in [0.2, 0.25) is 0 Å². The van der Waals surface area contributed by atoms with Gasteiger partial charge in [0.1, 0.15) is 17.5 Å². The van der Waals surface area contributed by atoms with Gasteiger partial charge in [-0.15, -0.1) is 0 Å². The Labute approximate surface area is 185 Å². The first-order valence-electron chi connectivity index (χ1n) is 9.43. The number of hydrogen-bond acceptors (Lipinski definition) is 4. The van der Waals surface area contributed by atoms with Crippen molar-refractivity contribution in [3.05, 3.63) is 75.7 Å². The molecular weight excluding hydrogens is 427 g/mol. The van der Waals surface area contributed by atoms with E-state index < -0.39 is 0 Å². The van der Waals surface area contributed by atoms with Crippen LogP contribution < -0.4 is 0 Å². The summed E-state index contributed by atoms with van der Waals surface area (Å²) in [6, 6.07) is 15.5. The van der Waals surface area contributed by atoms with E-state index in [4.69, 9.17) is 32.9 Å². The number of aliphatic hydroxyl groups is 1. The molecule has 0 unspecified atom stereocenters. The van der Waals surface area contributed by atoms with Crippen molar-refractivity contribution in [3.8, 4) is 0 Å². The van der Waals surface area contributed by atoms with Crippen molar-refractivity contribution in [1.29, 1.82) is 0 Å². The third-order valence-electron chi connectivity index (χ3n) is 4.29. The smallest absolute Gasteiger partial charge is 0.136 e. The lowest BCUT2D eigenvalue weighted by atomic mass is 10.1. The first-order chi connectivity index (χ1) is 14.0. The summed E-state index contributed by atoms with van der Waals surface area (Å²) < 4.78 is 7.94. The first-order valence-corrected chi connectivity index (χ1v) is 11.0. The molecule has 0 saturated carbocycles. The largest absolute Gasteiger partial charge is 0.395 e. The third-order valence-corrected chi connectivity index (χ3v) is 5.82. The molecule has 1 N–H and O–H groups in total. The summed E-state index contributed by atoms with van der Waals surface area (Å²) in [5.41, 5.74) is 2.08. The summed E-state index contributed by atoms with van der Waals surface area (Å²) in [7, 11) is 0. The molecule has 7 heteroatoms. The molecule has 0 fully saturated rings. The molecule has 29 heavy (non-hydrogen) atoms. The fourth-order valence-electron chi connectivity index (χ4n) is 2.96. The summed E-state index contributed by atoms with van der Waals surface area (Å²) in [4.78, 5) is 5.77. The van der Waals surface area contributed by atoms with Crippen LogP contribution in [-0.4, -0.2) is 21.3 Å². The molecule has 0 aliphatic carbocycles. The van der Waals surface area contributed by atoms with Gasteiger partial charge in [-0.2, -0.15) is 0 Å². The molecule has 4 nitrogen and oxygen atoms in total. The Hall–Kier alpha value is -1.50. The van der Waals surface area contributed by atoms with E-state index in [1.807, 2.05) is 47.0 Å². The summed E-state index contributed by atoms with van der Waals surface area (Å²) >= 11 is 13.9. The maximum absolute atomic E-state index is 9.63. The maximum atomic E-state index is 9.63. The molecule has 1 heterocycles. The molecule has 0 atom stereocenters. The molecule has 2 aromatic carbocycles. The SMILES string of the molecule is CC(C)c1nc(COCc2ccccc2)n(CCO)c1Sc1cc(Cl)cc(Cl)c1. The number of halogens is 2. The molecule has 3 rings (SSSR count). The van der Waals surface area contributed by atoms with Crippen molar-refractivity contribution in [2.24, 2.45) is 0 Å². The van der Waals surface area contributed by atoms with Gasteiger partial charge in [-0.3, -0.25) is 0 Å². The Kier molecular flexibility index (Phi) is 8.04. The monoisotopic (exact) mass is 450 g/mol. The number of nitrogens with zero attached hydrogens (tertiary/aromatic N) is 2. The van der Waals surface area contributed by atoms with Crippen molar-refractivity contribution in [2.45, 2.75) is 49.4 Å². The fourth-order valence-corrected chi connectivity index (χ4v) is 4.90. The van der Waals surface area contributed by atoms with Crippen LogP contribution in [0.4, 0.5) is 0 Å². The Morgan fingerprint density at radius 1 is 1.07 bits per heavy atom. The van der Waals surface area contributed by atoms with E-state index in [9.17, 15) is 5.11 Å². The molecule has 0 bridgehead atoms. The van der Waals surface area contributed by atoms with Crippen molar-refractivity contribution in [3.63, 3.8) is 0 Å². The average molecular weight is 451 g/mol. The lowest BCUT2D eigenvalue weighted by Gasteiger charge is -2.13. The number of benzene rings is 2. The Morgan fingerprint density at radius 2 is 1.76 bits per heavy atom. The number of rotatable bonds is 9. The van der Waals surface area contributed by atoms with Crippen LogP contribution in [-0.2, 0) is 24.5 Å². The predicted molar refractivity (Wildman–Crippen MR) is 119 cm³/mol. The Balaban J connectivity index is 1.87. The number of imidazole rings is 1. The number of hydrogen-bond donors (Lipinski definition) is 1. The minimum Gasteiger partial charge on any atom is -0.395 e. The highest BCUT2D eigenvalue weighted by Gasteiger charge is 2.20. The normalized spacial score (nSPS) is 11.4. The maximum Gasteiger partial charge on any atom is 0.136 e. The zero-order chi connectivity index (χ0) is 20.8. The highest BCUT2D eigenvalue weighted by Crippen LogP contribution is 2.37. The lowest BCUT2D eigenvalue weighted by molar-refractivity contribution is 0.0978. The van der Waals surface area contributed by atoms with Gasteiger partial charge in [0, 0.05) is 21.5 Å². The number of aliphatic hydroxyl groups excluding tert-OH is 1. The predicted octanol–water partition coefficient (Wildman–Crippen LogP) is 6.17. The highest BCUT2D eigenvalue weighted by molar-refractivity contribution is 7.99. The average Bonchev–Trinajstić information content (AvgIpc) is 3.00. The van der Waals surface area contributed by atoms with E-state index in [0.717, 1.165) is 27.0 Å². The van der Waals surface area contributed by atoms with Gasteiger partial charge < -0.3 is 14.4 Å². The van der Waals surface area contributed by atoms with Crippen molar-refractivity contribution in [1.82, 2.24) is 9.55 Å². The number of aromatic nitrogens is 2. The van der Waals surface area contributed by atoms with Crippen LogP contribution >= 0.6 is 35.0 Å². The molecule has 3 aromatic rings. The standard InChI is InChI=1S/C22H24Cl2N2O2S/c1-15(2)21-22(29-19-11-17(23)10-18(24)12-19)26(8-9-27)20(25-21)14-28-13-16-6-4-3-5-7-16/h3-7,10-12,15,27H,8-9,13-14H2,1-2H3. The van der Waals surface area contributed by atoms with Crippen molar-refractivity contribution >= 4 is 35.0 Å². The van der Waals surface area contributed by atoms with Crippen LogP contribution in [0.25, 0.3) is 0 Å². The van der Waals surface area contributed by atoms with Crippen LogP contribution in [0, 0.1) is 0 Å². The molecule has 0 aliphatic rings.